The van der Waals surface area contributed by atoms with Crippen molar-refractivity contribution in [1.82, 2.24) is 20.3 Å². The van der Waals surface area contributed by atoms with Crippen molar-refractivity contribution < 1.29 is 23.6 Å². The first-order chi connectivity index (χ1) is 14.8. The fourth-order valence-electron chi connectivity index (χ4n) is 3.47. The van der Waals surface area contributed by atoms with Gasteiger partial charge in [-0.2, -0.15) is 0 Å². The number of carbonyl (C=O) groups excluding carboxylic acids is 2. The molecule has 0 bridgehead atoms. The lowest BCUT2D eigenvalue weighted by molar-refractivity contribution is -0.135. The van der Waals surface area contributed by atoms with E-state index >= 15 is 0 Å². The second-order valence-corrected chi connectivity index (χ2v) is 7.97. The number of ether oxygens (including phenoxy) is 2. The number of aromatic nitrogens is 1. The summed E-state index contributed by atoms with van der Waals surface area (Å²) >= 11 is 0. The summed E-state index contributed by atoms with van der Waals surface area (Å²) in [5, 5.41) is 6.74. The summed E-state index contributed by atoms with van der Waals surface area (Å²) in [5.74, 6) is 0.950. The molecule has 1 atom stereocenters. The van der Waals surface area contributed by atoms with Crippen LogP contribution in [-0.4, -0.2) is 80.3 Å². The van der Waals surface area contributed by atoms with E-state index in [1.54, 1.807) is 37.3 Å². The van der Waals surface area contributed by atoms with Crippen LogP contribution in [-0.2, 0) is 4.79 Å². The van der Waals surface area contributed by atoms with E-state index in [4.69, 9.17) is 14.0 Å². The SMILES string of the molecule is COc1ccc(OC)c(-c2cc(C(=O)NC(C(=O)N3CCN(C)CC3)C(C)C)no2)c1. The van der Waals surface area contributed by atoms with Crippen molar-refractivity contribution in [2.45, 2.75) is 19.9 Å². The number of likely N-dealkylation sites (N-methyl/N-ethyl adjacent to an activating group) is 1. The molecule has 168 valence electrons. The average Bonchev–Trinajstić information content (AvgIpc) is 3.27. The van der Waals surface area contributed by atoms with Crippen LogP contribution in [0.15, 0.2) is 28.8 Å². The highest BCUT2D eigenvalue weighted by Gasteiger charge is 2.31. The Balaban J connectivity index is 1.76. The number of hydrogen-bond acceptors (Lipinski definition) is 7. The zero-order valence-electron chi connectivity index (χ0n) is 18.7. The summed E-state index contributed by atoms with van der Waals surface area (Å²) in [7, 11) is 5.14. The maximum atomic E-state index is 13.0. The van der Waals surface area contributed by atoms with Crippen LogP contribution >= 0.6 is 0 Å². The molecule has 9 nitrogen and oxygen atoms in total. The number of benzene rings is 1. The highest BCUT2D eigenvalue weighted by Crippen LogP contribution is 2.33. The molecule has 1 aromatic carbocycles. The van der Waals surface area contributed by atoms with E-state index < -0.39 is 11.9 Å². The van der Waals surface area contributed by atoms with Gasteiger partial charge in [-0.05, 0) is 31.2 Å². The number of amides is 2. The topological polar surface area (TPSA) is 97.1 Å². The normalized spacial score (nSPS) is 15.6. The quantitative estimate of drug-likeness (QED) is 0.716. The van der Waals surface area contributed by atoms with Gasteiger partial charge in [0.1, 0.15) is 17.5 Å². The van der Waals surface area contributed by atoms with Gasteiger partial charge in [-0.1, -0.05) is 19.0 Å². The third-order valence-electron chi connectivity index (χ3n) is 5.45. The number of methoxy groups -OCH3 is 2. The fraction of sp³-hybridized carbons (Fsp3) is 0.500. The molecule has 2 aromatic rings. The first-order valence-electron chi connectivity index (χ1n) is 10.3. The minimum atomic E-state index is -0.637. The van der Waals surface area contributed by atoms with Crippen LogP contribution in [0, 0.1) is 5.92 Å². The maximum Gasteiger partial charge on any atom is 0.274 e. The minimum Gasteiger partial charge on any atom is -0.497 e. The van der Waals surface area contributed by atoms with Gasteiger partial charge in [0.15, 0.2) is 11.5 Å². The lowest BCUT2D eigenvalue weighted by Crippen LogP contribution is -2.55. The third-order valence-corrected chi connectivity index (χ3v) is 5.45. The summed E-state index contributed by atoms with van der Waals surface area (Å²) in [5.41, 5.74) is 0.707. The highest BCUT2D eigenvalue weighted by molar-refractivity contribution is 5.97. The molecule has 1 N–H and O–H groups in total. The molecule has 0 spiro atoms. The van der Waals surface area contributed by atoms with Crippen LogP contribution in [0.25, 0.3) is 11.3 Å². The zero-order chi connectivity index (χ0) is 22.5. The Morgan fingerprint density at radius 3 is 2.42 bits per heavy atom. The number of carbonyl (C=O) groups is 2. The predicted octanol–water partition coefficient (Wildman–Crippen LogP) is 1.89. The summed E-state index contributed by atoms with van der Waals surface area (Å²) < 4.78 is 16.0. The molecule has 0 aliphatic carbocycles. The van der Waals surface area contributed by atoms with E-state index in [0.717, 1.165) is 13.1 Å². The second-order valence-electron chi connectivity index (χ2n) is 7.97. The van der Waals surface area contributed by atoms with Gasteiger partial charge in [-0.3, -0.25) is 9.59 Å². The van der Waals surface area contributed by atoms with Crippen molar-refractivity contribution in [3.05, 3.63) is 30.0 Å². The summed E-state index contributed by atoms with van der Waals surface area (Å²) in [6.07, 6.45) is 0. The van der Waals surface area contributed by atoms with Crippen LogP contribution < -0.4 is 14.8 Å². The predicted molar refractivity (Wildman–Crippen MR) is 115 cm³/mol. The van der Waals surface area contributed by atoms with Crippen LogP contribution in [0.4, 0.5) is 0 Å². The molecule has 1 unspecified atom stereocenters. The van der Waals surface area contributed by atoms with E-state index in [1.165, 1.54) is 6.07 Å². The minimum absolute atomic E-state index is 0.0686. The van der Waals surface area contributed by atoms with Crippen LogP contribution in [0.3, 0.4) is 0 Å². The van der Waals surface area contributed by atoms with Crippen molar-refractivity contribution >= 4 is 11.8 Å². The lowest BCUT2D eigenvalue weighted by Gasteiger charge is -2.35. The van der Waals surface area contributed by atoms with Gasteiger partial charge in [0.25, 0.3) is 5.91 Å². The molecule has 1 fully saturated rings. The lowest BCUT2D eigenvalue weighted by atomic mass is 10.0. The Hall–Kier alpha value is -3.07. The van der Waals surface area contributed by atoms with Crippen molar-refractivity contribution in [2.24, 2.45) is 5.92 Å². The number of rotatable bonds is 7. The Kier molecular flexibility index (Phi) is 7.17. The molecule has 2 heterocycles. The molecular formula is C22H30N4O5. The smallest absolute Gasteiger partial charge is 0.274 e. The Morgan fingerprint density at radius 1 is 1.10 bits per heavy atom. The van der Waals surface area contributed by atoms with Gasteiger partial charge < -0.3 is 29.1 Å². The van der Waals surface area contributed by atoms with Crippen molar-refractivity contribution in [3.63, 3.8) is 0 Å². The second kappa shape index (κ2) is 9.82. The third kappa shape index (κ3) is 5.16. The number of nitrogens with zero attached hydrogens (tertiary/aromatic N) is 3. The molecular weight excluding hydrogens is 400 g/mol. The van der Waals surface area contributed by atoms with E-state index in [2.05, 4.69) is 15.4 Å². The Morgan fingerprint density at radius 2 is 1.81 bits per heavy atom. The van der Waals surface area contributed by atoms with E-state index in [1.807, 2.05) is 20.9 Å². The Bertz CT molecular complexity index is 918. The van der Waals surface area contributed by atoms with Crippen molar-refractivity contribution in [2.75, 3.05) is 47.4 Å². The molecule has 1 aromatic heterocycles. The van der Waals surface area contributed by atoms with Gasteiger partial charge in [-0.15, -0.1) is 0 Å². The Labute approximate surface area is 182 Å². The van der Waals surface area contributed by atoms with Crippen LogP contribution in [0.5, 0.6) is 11.5 Å². The van der Waals surface area contributed by atoms with Crippen LogP contribution in [0.1, 0.15) is 24.3 Å². The van der Waals surface area contributed by atoms with Gasteiger partial charge in [-0.25, -0.2) is 0 Å². The molecule has 1 aliphatic rings. The molecule has 31 heavy (non-hydrogen) atoms. The van der Waals surface area contributed by atoms with E-state index in [9.17, 15) is 9.59 Å². The average molecular weight is 431 g/mol. The van der Waals surface area contributed by atoms with E-state index in [-0.39, 0.29) is 17.5 Å². The highest BCUT2D eigenvalue weighted by atomic mass is 16.5. The van der Waals surface area contributed by atoms with E-state index in [0.29, 0.717) is 35.9 Å². The molecule has 0 saturated carbocycles. The fourth-order valence-corrected chi connectivity index (χ4v) is 3.47. The largest absolute Gasteiger partial charge is 0.497 e. The number of hydrogen-bond donors (Lipinski definition) is 1. The summed E-state index contributed by atoms with van der Waals surface area (Å²) in [6.45, 7) is 6.76. The molecule has 0 radical (unpaired) electrons. The first kappa shape index (κ1) is 22.6. The number of piperazine rings is 1. The molecule has 9 heteroatoms. The van der Waals surface area contributed by atoms with Crippen molar-refractivity contribution in [1.29, 1.82) is 0 Å². The molecule has 2 amide bonds. The maximum absolute atomic E-state index is 13.0. The molecule has 1 aliphatic heterocycles. The molecule has 1 saturated heterocycles. The zero-order valence-corrected chi connectivity index (χ0v) is 18.7. The first-order valence-corrected chi connectivity index (χ1v) is 10.3. The van der Waals surface area contributed by atoms with Gasteiger partial charge >= 0.3 is 0 Å². The monoisotopic (exact) mass is 430 g/mol. The van der Waals surface area contributed by atoms with Crippen molar-refractivity contribution in [3.8, 4) is 22.8 Å². The molecule has 3 rings (SSSR count). The summed E-state index contributed by atoms with van der Waals surface area (Å²) in [6, 6.07) is 6.16. The van der Waals surface area contributed by atoms with Gasteiger partial charge in [0.2, 0.25) is 5.91 Å². The van der Waals surface area contributed by atoms with Gasteiger partial charge in [0, 0.05) is 32.2 Å². The van der Waals surface area contributed by atoms with Gasteiger partial charge in [0.05, 0.1) is 19.8 Å². The summed E-state index contributed by atoms with van der Waals surface area (Å²) in [4.78, 5) is 29.8. The standard InChI is InChI=1S/C22H30N4O5/c1-14(2)20(22(28)26-10-8-25(3)9-11-26)23-21(27)17-13-19(31-24-17)16-12-15(29-4)6-7-18(16)30-5/h6-7,12-14,20H,8-11H2,1-5H3,(H,23,27). The number of nitrogens with one attached hydrogen (secondary N) is 1. The van der Waals surface area contributed by atoms with Crippen LogP contribution in [0.2, 0.25) is 0 Å².